The fraction of sp³-hybridized carbons (Fsp3) is 0.556. The Morgan fingerprint density at radius 1 is 1.08 bits per heavy atom. The van der Waals surface area contributed by atoms with Gasteiger partial charge in [-0.05, 0) is 62.5 Å². The number of nitrogens with one attached hydrogen (secondary N) is 2. The Labute approximate surface area is 148 Å². The number of hydrogen-bond donors (Lipinski definition) is 2. The SMILES string of the molecule is O=C(NNC(=O)C12C[C@H]3C[C@@H](CC(Br)(C3)C1)C2)c1ccccc1F. The number of benzene rings is 1. The number of carbonyl (C=O) groups is 2. The minimum atomic E-state index is -0.625. The summed E-state index contributed by atoms with van der Waals surface area (Å²) < 4.78 is 13.7. The summed E-state index contributed by atoms with van der Waals surface area (Å²) in [5.74, 6) is -0.194. The van der Waals surface area contributed by atoms with Gasteiger partial charge in [-0.2, -0.15) is 0 Å². The van der Waals surface area contributed by atoms with E-state index in [1.54, 1.807) is 6.07 Å². The van der Waals surface area contributed by atoms with E-state index >= 15 is 0 Å². The Morgan fingerprint density at radius 2 is 1.75 bits per heavy atom. The maximum absolute atomic E-state index is 13.6. The van der Waals surface area contributed by atoms with Crippen molar-refractivity contribution in [3.8, 4) is 0 Å². The molecule has 4 fully saturated rings. The first-order chi connectivity index (χ1) is 11.4. The first-order valence-corrected chi connectivity index (χ1v) is 9.23. The quantitative estimate of drug-likeness (QED) is 0.596. The van der Waals surface area contributed by atoms with E-state index in [1.165, 1.54) is 24.6 Å². The highest BCUT2D eigenvalue weighted by Gasteiger charge is 2.59. The summed E-state index contributed by atoms with van der Waals surface area (Å²) in [7, 11) is 0. The maximum Gasteiger partial charge on any atom is 0.272 e. The first-order valence-electron chi connectivity index (χ1n) is 8.43. The van der Waals surface area contributed by atoms with E-state index in [1.807, 2.05) is 0 Å². The second kappa shape index (κ2) is 5.55. The standard InChI is InChI=1S/C18H20BrFN2O2/c19-18-8-11-5-12(9-18)7-17(6-11,10-18)16(24)22-21-15(23)13-3-1-2-4-14(13)20/h1-4,11-12H,5-10H2,(H,21,23)(H,22,24)/t11-,12-,17?,18?/m1/s1. The molecule has 24 heavy (non-hydrogen) atoms. The lowest BCUT2D eigenvalue weighted by Gasteiger charge is -2.59. The predicted octanol–water partition coefficient (Wildman–Crippen LogP) is 3.32. The van der Waals surface area contributed by atoms with Gasteiger partial charge in [0.15, 0.2) is 0 Å². The third kappa shape index (κ3) is 2.65. The molecule has 5 rings (SSSR count). The molecule has 128 valence electrons. The van der Waals surface area contributed by atoms with Gasteiger partial charge in [0.1, 0.15) is 5.82 Å². The molecule has 0 heterocycles. The molecule has 1 aromatic carbocycles. The summed E-state index contributed by atoms with van der Waals surface area (Å²) in [4.78, 5) is 24.9. The van der Waals surface area contributed by atoms with E-state index in [-0.39, 0.29) is 15.8 Å². The van der Waals surface area contributed by atoms with Crippen molar-refractivity contribution >= 4 is 27.7 Å². The second-order valence-corrected chi connectivity index (χ2v) is 9.46. The normalized spacial score (nSPS) is 36.4. The molecule has 4 aliphatic carbocycles. The molecule has 6 heteroatoms. The molecular formula is C18H20BrFN2O2. The predicted molar refractivity (Wildman–Crippen MR) is 90.8 cm³/mol. The Morgan fingerprint density at radius 3 is 2.38 bits per heavy atom. The summed E-state index contributed by atoms with van der Waals surface area (Å²) in [6.45, 7) is 0. The molecule has 4 aliphatic rings. The molecule has 2 amide bonds. The van der Waals surface area contributed by atoms with E-state index in [4.69, 9.17) is 0 Å². The molecule has 4 bridgehead atoms. The lowest BCUT2D eigenvalue weighted by atomic mass is 9.49. The van der Waals surface area contributed by atoms with Gasteiger partial charge in [-0.3, -0.25) is 20.4 Å². The number of amides is 2. The molecule has 4 saturated carbocycles. The summed E-state index contributed by atoms with van der Waals surface area (Å²) >= 11 is 3.87. The molecular weight excluding hydrogens is 375 g/mol. The van der Waals surface area contributed by atoms with Crippen LogP contribution in [0.25, 0.3) is 0 Å². The summed E-state index contributed by atoms with van der Waals surface area (Å²) in [6.07, 6.45) is 6.08. The van der Waals surface area contributed by atoms with Crippen molar-refractivity contribution in [2.75, 3.05) is 0 Å². The van der Waals surface area contributed by atoms with Gasteiger partial charge in [-0.25, -0.2) is 4.39 Å². The maximum atomic E-state index is 13.6. The van der Waals surface area contributed by atoms with Crippen molar-refractivity contribution in [3.05, 3.63) is 35.6 Å². The summed E-state index contributed by atoms with van der Waals surface area (Å²) in [5.41, 5.74) is 4.46. The van der Waals surface area contributed by atoms with Crippen LogP contribution in [0.4, 0.5) is 4.39 Å². The molecule has 0 spiro atoms. The average Bonchev–Trinajstić information content (AvgIpc) is 2.50. The number of hydrogen-bond acceptors (Lipinski definition) is 2. The lowest BCUT2D eigenvalue weighted by molar-refractivity contribution is -0.144. The number of halogens is 2. The van der Waals surface area contributed by atoms with Crippen LogP contribution in [-0.2, 0) is 4.79 Å². The molecule has 0 unspecified atom stereocenters. The Balaban J connectivity index is 1.45. The van der Waals surface area contributed by atoms with Crippen molar-refractivity contribution in [1.29, 1.82) is 0 Å². The fourth-order valence-electron chi connectivity index (χ4n) is 5.38. The van der Waals surface area contributed by atoms with Crippen LogP contribution in [0.1, 0.15) is 48.9 Å². The monoisotopic (exact) mass is 394 g/mol. The third-order valence-electron chi connectivity index (χ3n) is 5.88. The van der Waals surface area contributed by atoms with E-state index in [9.17, 15) is 14.0 Å². The van der Waals surface area contributed by atoms with Crippen LogP contribution < -0.4 is 10.9 Å². The number of rotatable bonds is 2. The second-order valence-electron chi connectivity index (χ2n) is 7.78. The number of hydrazine groups is 1. The van der Waals surface area contributed by atoms with Crippen molar-refractivity contribution < 1.29 is 14.0 Å². The Kier molecular flexibility index (Phi) is 3.71. The van der Waals surface area contributed by atoms with Crippen molar-refractivity contribution in [2.24, 2.45) is 17.3 Å². The van der Waals surface area contributed by atoms with Crippen molar-refractivity contribution in [2.45, 2.75) is 42.8 Å². The molecule has 1 aromatic rings. The molecule has 0 saturated heterocycles. The highest BCUT2D eigenvalue weighted by molar-refractivity contribution is 9.10. The average molecular weight is 395 g/mol. The van der Waals surface area contributed by atoms with Crippen LogP contribution in [0, 0.1) is 23.1 Å². The van der Waals surface area contributed by atoms with Crippen LogP contribution in [0.15, 0.2) is 24.3 Å². The zero-order valence-electron chi connectivity index (χ0n) is 13.3. The molecule has 0 aliphatic heterocycles. The van der Waals surface area contributed by atoms with E-state index in [0.29, 0.717) is 11.8 Å². The molecule has 0 radical (unpaired) electrons. The van der Waals surface area contributed by atoms with Gasteiger partial charge in [0.25, 0.3) is 5.91 Å². The molecule has 2 N–H and O–H groups in total. The van der Waals surface area contributed by atoms with E-state index in [2.05, 4.69) is 26.8 Å². The minimum Gasteiger partial charge on any atom is -0.273 e. The minimum absolute atomic E-state index is 0.0692. The van der Waals surface area contributed by atoms with Gasteiger partial charge in [0.05, 0.1) is 11.0 Å². The van der Waals surface area contributed by atoms with Gasteiger partial charge >= 0.3 is 0 Å². The van der Waals surface area contributed by atoms with Crippen LogP contribution in [0.2, 0.25) is 0 Å². The smallest absolute Gasteiger partial charge is 0.272 e. The lowest BCUT2D eigenvalue weighted by Crippen LogP contribution is -2.60. The molecule has 0 aromatic heterocycles. The number of carbonyl (C=O) groups excluding carboxylic acids is 2. The van der Waals surface area contributed by atoms with Gasteiger partial charge in [0.2, 0.25) is 5.91 Å². The third-order valence-corrected chi connectivity index (χ3v) is 6.81. The van der Waals surface area contributed by atoms with Gasteiger partial charge < -0.3 is 0 Å². The summed E-state index contributed by atoms with van der Waals surface area (Å²) in [5, 5.41) is 0. The van der Waals surface area contributed by atoms with Crippen LogP contribution in [-0.4, -0.2) is 16.1 Å². The van der Waals surface area contributed by atoms with Crippen LogP contribution >= 0.6 is 15.9 Å². The zero-order valence-corrected chi connectivity index (χ0v) is 14.9. The van der Waals surface area contributed by atoms with Crippen molar-refractivity contribution in [1.82, 2.24) is 10.9 Å². The number of alkyl halides is 1. The molecule has 4 nitrogen and oxygen atoms in total. The highest BCUT2D eigenvalue weighted by atomic mass is 79.9. The topological polar surface area (TPSA) is 58.2 Å². The van der Waals surface area contributed by atoms with Crippen LogP contribution in [0.3, 0.4) is 0 Å². The van der Waals surface area contributed by atoms with E-state index in [0.717, 1.165) is 32.1 Å². The Bertz CT molecular complexity index is 694. The van der Waals surface area contributed by atoms with Crippen molar-refractivity contribution in [3.63, 3.8) is 0 Å². The highest BCUT2D eigenvalue weighted by Crippen LogP contribution is 2.64. The zero-order chi connectivity index (χ0) is 16.9. The van der Waals surface area contributed by atoms with Gasteiger partial charge in [-0.1, -0.05) is 28.1 Å². The fourth-order valence-corrected chi connectivity index (χ4v) is 6.83. The Hall–Kier alpha value is -1.43. The largest absolute Gasteiger partial charge is 0.273 e. The first kappa shape index (κ1) is 16.1. The summed E-state index contributed by atoms with van der Waals surface area (Å²) in [6, 6.07) is 5.74. The van der Waals surface area contributed by atoms with Gasteiger partial charge in [-0.15, -0.1) is 0 Å². The van der Waals surface area contributed by atoms with Crippen LogP contribution in [0.5, 0.6) is 0 Å². The van der Waals surface area contributed by atoms with Gasteiger partial charge in [0, 0.05) is 4.32 Å². The molecule has 2 atom stereocenters. The van der Waals surface area contributed by atoms with E-state index < -0.39 is 17.1 Å².